The molecule has 0 bridgehead atoms. The summed E-state index contributed by atoms with van der Waals surface area (Å²) < 4.78 is 40.0. The zero-order valence-electron chi connectivity index (χ0n) is 8.76. The van der Waals surface area contributed by atoms with Crippen molar-refractivity contribution < 1.29 is 27.8 Å². The van der Waals surface area contributed by atoms with Gasteiger partial charge in [-0.2, -0.15) is 13.2 Å². The predicted octanol–water partition coefficient (Wildman–Crippen LogP) is 0.404. The second kappa shape index (κ2) is 4.80. The largest absolute Gasteiger partial charge is 0.467 e. The van der Waals surface area contributed by atoms with E-state index in [2.05, 4.69) is 4.74 Å². The van der Waals surface area contributed by atoms with Crippen molar-refractivity contribution in [3.05, 3.63) is 0 Å². The Labute approximate surface area is 85.6 Å². The van der Waals surface area contributed by atoms with Crippen LogP contribution in [-0.2, 0) is 9.53 Å². The second-order valence-corrected chi connectivity index (χ2v) is 3.55. The van der Waals surface area contributed by atoms with Crippen molar-refractivity contribution in [3.63, 3.8) is 0 Å². The lowest BCUT2D eigenvalue weighted by Gasteiger charge is -2.27. The van der Waals surface area contributed by atoms with Gasteiger partial charge in [0.2, 0.25) is 0 Å². The molecule has 0 aromatic heterocycles. The van der Waals surface area contributed by atoms with E-state index >= 15 is 0 Å². The van der Waals surface area contributed by atoms with Gasteiger partial charge in [0.15, 0.2) is 5.60 Å². The van der Waals surface area contributed by atoms with E-state index in [0.717, 1.165) is 26.0 Å². The number of halogens is 3. The fourth-order valence-electron chi connectivity index (χ4n) is 1.17. The third-order valence-corrected chi connectivity index (χ3v) is 1.65. The van der Waals surface area contributed by atoms with Crippen LogP contribution in [0.15, 0.2) is 0 Å². The first kappa shape index (κ1) is 14.2. The summed E-state index contributed by atoms with van der Waals surface area (Å²) in [4.78, 5) is 11.8. The molecule has 0 aliphatic heterocycles. The number of carbonyl (C=O) groups excluding carboxylic acids is 1. The van der Waals surface area contributed by atoms with E-state index in [1.165, 1.54) is 0 Å². The highest BCUT2D eigenvalue weighted by atomic mass is 19.4. The van der Waals surface area contributed by atoms with Crippen molar-refractivity contribution in [1.29, 1.82) is 0 Å². The SMILES string of the molecule is COC(=O)C(C)(O)CN(C)CC(F)(F)F. The average molecular weight is 229 g/mol. The maximum atomic E-state index is 11.9. The van der Waals surface area contributed by atoms with Gasteiger partial charge in [-0.3, -0.25) is 4.90 Å². The number of nitrogens with zero attached hydrogens (tertiary/aromatic N) is 1. The lowest BCUT2D eigenvalue weighted by atomic mass is 10.1. The van der Waals surface area contributed by atoms with Gasteiger partial charge in [0.05, 0.1) is 13.7 Å². The minimum atomic E-state index is -4.36. The monoisotopic (exact) mass is 229 g/mol. The number of hydrogen-bond acceptors (Lipinski definition) is 4. The lowest BCUT2D eigenvalue weighted by Crippen LogP contribution is -2.48. The van der Waals surface area contributed by atoms with Gasteiger partial charge in [0.25, 0.3) is 0 Å². The number of esters is 1. The third-order valence-electron chi connectivity index (χ3n) is 1.65. The van der Waals surface area contributed by atoms with Crippen molar-refractivity contribution >= 4 is 5.97 Å². The van der Waals surface area contributed by atoms with Crippen LogP contribution < -0.4 is 0 Å². The van der Waals surface area contributed by atoms with Gasteiger partial charge < -0.3 is 9.84 Å². The Morgan fingerprint density at radius 1 is 1.40 bits per heavy atom. The Hall–Kier alpha value is -0.820. The second-order valence-electron chi connectivity index (χ2n) is 3.55. The predicted molar refractivity (Wildman–Crippen MR) is 46.2 cm³/mol. The van der Waals surface area contributed by atoms with E-state index < -0.39 is 30.8 Å². The summed E-state index contributed by atoms with van der Waals surface area (Å²) in [5.41, 5.74) is -1.94. The molecule has 4 nitrogen and oxygen atoms in total. The number of likely N-dealkylation sites (N-methyl/N-ethyl adjacent to an activating group) is 1. The van der Waals surface area contributed by atoms with Gasteiger partial charge in [-0.1, -0.05) is 0 Å². The van der Waals surface area contributed by atoms with Crippen LogP contribution in [0.1, 0.15) is 6.92 Å². The summed E-state index contributed by atoms with van der Waals surface area (Å²) in [6, 6.07) is 0. The van der Waals surface area contributed by atoms with Crippen molar-refractivity contribution in [2.24, 2.45) is 0 Å². The number of carbonyl (C=O) groups is 1. The van der Waals surface area contributed by atoms with Gasteiger partial charge in [-0.05, 0) is 14.0 Å². The summed E-state index contributed by atoms with van der Waals surface area (Å²) in [6.07, 6.45) is -4.36. The van der Waals surface area contributed by atoms with Crippen LogP contribution in [0.3, 0.4) is 0 Å². The molecule has 15 heavy (non-hydrogen) atoms. The summed E-state index contributed by atoms with van der Waals surface area (Å²) in [7, 11) is 2.21. The van der Waals surface area contributed by atoms with Gasteiger partial charge in [-0.25, -0.2) is 4.79 Å². The van der Waals surface area contributed by atoms with Crippen molar-refractivity contribution in [2.45, 2.75) is 18.7 Å². The van der Waals surface area contributed by atoms with E-state index in [-0.39, 0.29) is 0 Å². The van der Waals surface area contributed by atoms with Crippen LogP contribution in [-0.4, -0.2) is 55.0 Å². The number of rotatable bonds is 4. The van der Waals surface area contributed by atoms with Gasteiger partial charge in [0, 0.05) is 6.54 Å². The van der Waals surface area contributed by atoms with Crippen LogP contribution in [0.2, 0.25) is 0 Å². The zero-order valence-corrected chi connectivity index (χ0v) is 8.76. The fraction of sp³-hybridized carbons (Fsp3) is 0.875. The topological polar surface area (TPSA) is 49.8 Å². The Morgan fingerprint density at radius 2 is 1.87 bits per heavy atom. The highest BCUT2D eigenvalue weighted by Crippen LogP contribution is 2.17. The molecular weight excluding hydrogens is 215 g/mol. The number of alkyl halides is 3. The standard InChI is InChI=1S/C8H14F3NO3/c1-7(14,6(13)15-3)4-12(2)5-8(9,10)11/h14H,4-5H2,1-3H3. The van der Waals surface area contributed by atoms with Crippen LogP contribution in [0.25, 0.3) is 0 Å². The molecule has 0 saturated carbocycles. The highest BCUT2D eigenvalue weighted by Gasteiger charge is 2.36. The maximum Gasteiger partial charge on any atom is 0.401 e. The third kappa shape index (κ3) is 5.58. The van der Waals surface area contributed by atoms with Gasteiger partial charge in [0.1, 0.15) is 0 Å². The number of aliphatic hydroxyl groups is 1. The molecule has 0 aliphatic rings. The smallest absolute Gasteiger partial charge is 0.401 e. The van der Waals surface area contributed by atoms with Crippen molar-refractivity contribution in [3.8, 4) is 0 Å². The molecular formula is C8H14F3NO3. The van der Waals surface area contributed by atoms with E-state index in [4.69, 9.17) is 0 Å². The van der Waals surface area contributed by atoms with E-state index in [0.29, 0.717) is 0 Å². The highest BCUT2D eigenvalue weighted by molar-refractivity contribution is 5.78. The molecule has 7 heteroatoms. The molecule has 0 rings (SSSR count). The number of methoxy groups -OCH3 is 1. The summed E-state index contributed by atoms with van der Waals surface area (Å²) in [5.74, 6) is -0.962. The lowest BCUT2D eigenvalue weighted by molar-refractivity contribution is -0.169. The zero-order chi connectivity index (χ0) is 12.3. The van der Waals surface area contributed by atoms with Crippen LogP contribution in [0, 0.1) is 0 Å². The number of ether oxygens (including phenoxy) is 1. The van der Waals surface area contributed by atoms with Crippen molar-refractivity contribution in [1.82, 2.24) is 4.90 Å². The molecule has 0 amide bonds. The quantitative estimate of drug-likeness (QED) is 0.709. The van der Waals surface area contributed by atoms with Gasteiger partial charge in [-0.15, -0.1) is 0 Å². The Kier molecular flexibility index (Phi) is 4.54. The molecule has 90 valence electrons. The fourth-order valence-corrected chi connectivity index (χ4v) is 1.17. The molecule has 1 atom stereocenters. The molecule has 1 unspecified atom stereocenters. The van der Waals surface area contributed by atoms with Gasteiger partial charge >= 0.3 is 12.1 Å². The minimum Gasteiger partial charge on any atom is -0.467 e. The Bertz CT molecular complexity index is 228. The number of hydrogen-bond donors (Lipinski definition) is 1. The van der Waals surface area contributed by atoms with E-state index in [1.54, 1.807) is 0 Å². The normalized spacial score (nSPS) is 16.3. The molecule has 0 aliphatic carbocycles. The maximum absolute atomic E-state index is 11.9. The molecule has 0 spiro atoms. The molecule has 0 saturated heterocycles. The molecule has 0 radical (unpaired) electrons. The first-order chi connectivity index (χ1) is 6.58. The Balaban J connectivity index is 4.28. The molecule has 0 aromatic rings. The molecule has 0 heterocycles. The summed E-state index contributed by atoms with van der Waals surface area (Å²) in [5, 5.41) is 9.47. The van der Waals surface area contributed by atoms with Crippen molar-refractivity contribution in [2.75, 3.05) is 27.2 Å². The molecule has 0 aromatic carbocycles. The summed E-state index contributed by atoms with van der Waals surface area (Å²) in [6.45, 7) is -0.537. The first-order valence-corrected chi connectivity index (χ1v) is 4.14. The average Bonchev–Trinajstić information content (AvgIpc) is 1.97. The van der Waals surface area contributed by atoms with E-state index in [9.17, 15) is 23.1 Å². The van der Waals surface area contributed by atoms with Crippen LogP contribution >= 0.6 is 0 Å². The Morgan fingerprint density at radius 3 is 2.20 bits per heavy atom. The van der Waals surface area contributed by atoms with Crippen LogP contribution in [0.5, 0.6) is 0 Å². The molecule has 1 N–H and O–H groups in total. The first-order valence-electron chi connectivity index (χ1n) is 4.14. The van der Waals surface area contributed by atoms with E-state index in [1.807, 2.05) is 0 Å². The summed E-state index contributed by atoms with van der Waals surface area (Å²) >= 11 is 0. The molecule has 0 fully saturated rings. The van der Waals surface area contributed by atoms with Crippen LogP contribution in [0.4, 0.5) is 13.2 Å². The minimum absolute atomic E-state index is 0.445.